The zero-order valence-electron chi connectivity index (χ0n) is 15.0. The quantitative estimate of drug-likeness (QED) is 0.509. The van der Waals surface area contributed by atoms with Gasteiger partial charge in [0, 0.05) is 18.3 Å². The molecule has 0 spiro atoms. The van der Waals surface area contributed by atoms with Crippen molar-refractivity contribution in [3.05, 3.63) is 47.5 Å². The highest BCUT2D eigenvalue weighted by Gasteiger charge is 2.42. The third-order valence-corrected chi connectivity index (χ3v) is 4.94. The molecule has 0 aliphatic heterocycles. The molecule has 1 N–H and O–H groups in total. The molecule has 4 unspecified atom stereocenters. The van der Waals surface area contributed by atoms with Gasteiger partial charge in [0.15, 0.2) is 0 Å². The van der Waals surface area contributed by atoms with Crippen molar-refractivity contribution >= 4 is 0 Å². The molecule has 3 heteroatoms. The number of allylic oxidation sites excluding steroid dienone is 2. The molecule has 2 nitrogen and oxygen atoms in total. The topological polar surface area (TPSA) is 29.5 Å². The Kier molecular flexibility index (Phi) is 7.93. The number of aryl methyl sites for hydroxylation is 1. The van der Waals surface area contributed by atoms with Crippen molar-refractivity contribution in [2.24, 2.45) is 11.8 Å². The molecule has 0 bridgehead atoms. The second-order valence-corrected chi connectivity index (χ2v) is 7.00. The zero-order chi connectivity index (χ0) is 17.4. The van der Waals surface area contributed by atoms with Crippen molar-refractivity contribution in [1.82, 2.24) is 0 Å². The summed E-state index contributed by atoms with van der Waals surface area (Å²) >= 11 is 0. The Morgan fingerprint density at radius 1 is 1.29 bits per heavy atom. The molecule has 0 radical (unpaired) electrons. The predicted molar refractivity (Wildman–Crippen MR) is 96.6 cm³/mol. The Bertz CT molecular complexity index is 514. The summed E-state index contributed by atoms with van der Waals surface area (Å²) in [6.45, 7) is 5.16. The van der Waals surface area contributed by atoms with E-state index in [1.807, 2.05) is 12.1 Å². The first kappa shape index (κ1) is 19.1. The van der Waals surface area contributed by atoms with Gasteiger partial charge in [0.2, 0.25) is 0 Å². The van der Waals surface area contributed by atoms with E-state index in [0.29, 0.717) is 19.6 Å². The third-order valence-electron chi connectivity index (χ3n) is 4.94. The van der Waals surface area contributed by atoms with Gasteiger partial charge < -0.3 is 9.84 Å². The van der Waals surface area contributed by atoms with Crippen molar-refractivity contribution in [2.45, 2.75) is 64.8 Å². The monoisotopic (exact) mass is 334 g/mol. The van der Waals surface area contributed by atoms with Crippen LogP contribution < -0.4 is 0 Å². The number of halogens is 1. The van der Waals surface area contributed by atoms with Gasteiger partial charge in [-0.3, -0.25) is 0 Å². The van der Waals surface area contributed by atoms with Crippen LogP contribution in [-0.2, 0) is 11.3 Å². The SMILES string of the molecule is CCCC/C=C\CC1C(F)CC(O)C1COCc1cccc(C)c1. The standard InChI is InChI=1S/C21H31FO2/c1-3-4-5-6-7-11-18-19(21(23)13-20(18)22)15-24-14-17-10-8-9-16(2)12-17/h6-10,12,18-21,23H,3-5,11,13-15H2,1-2H3/b7-6-. The lowest BCUT2D eigenvalue weighted by atomic mass is 9.91. The van der Waals surface area contributed by atoms with Gasteiger partial charge in [0.1, 0.15) is 6.17 Å². The number of hydrogen-bond acceptors (Lipinski definition) is 2. The molecule has 134 valence electrons. The van der Waals surface area contributed by atoms with Gasteiger partial charge in [-0.15, -0.1) is 0 Å². The fourth-order valence-corrected chi connectivity index (χ4v) is 3.50. The fraction of sp³-hybridized carbons (Fsp3) is 0.619. The highest BCUT2D eigenvalue weighted by Crippen LogP contribution is 2.37. The second kappa shape index (κ2) is 9.95. The van der Waals surface area contributed by atoms with Crippen LogP contribution in [0.4, 0.5) is 4.39 Å². The van der Waals surface area contributed by atoms with Crippen LogP contribution in [0, 0.1) is 18.8 Å². The molecule has 0 aromatic heterocycles. The number of aliphatic hydroxyl groups is 1. The number of hydrogen-bond donors (Lipinski definition) is 1. The number of unbranched alkanes of at least 4 members (excludes halogenated alkanes) is 2. The maximum atomic E-state index is 14.2. The van der Waals surface area contributed by atoms with Gasteiger partial charge in [0.05, 0.1) is 19.3 Å². The van der Waals surface area contributed by atoms with Gasteiger partial charge in [0.25, 0.3) is 0 Å². The first-order chi connectivity index (χ1) is 11.6. The lowest BCUT2D eigenvalue weighted by Gasteiger charge is -2.21. The molecule has 1 aliphatic carbocycles. The van der Waals surface area contributed by atoms with Crippen LogP contribution in [0.5, 0.6) is 0 Å². The van der Waals surface area contributed by atoms with Crippen LogP contribution in [0.1, 0.15) is 50.2 Å². The molecule has 1 fully saturated rings. The molecule has 24 heavy (non-hydrogen) atoms. The average Bonchev–Trinajstić information content (AvgIpc) is 2.81. The molecule has 0 saturated heterocycles. The van der Waals surface area contributed by atoms with Crippen molar-refractivity contribution in [3.8, 4) is 0 Å². The Hall–Kier alpha value is -1.19. The summed E-state index contributed by atoms with van der Waals surface area (Å²) in [5.41, 5.74) is 2.33. The molecule has 1 aromatic carbocycles. The predicted octanol–water partition coefficient (Wildman–Crippen LogP) is 4.98. The fourth-order valence-electron chi connectivity index (χ4n) is 3.50. The lowest BCUT2D eigenvalue weighted by molar-refractivity contribution is 0.0202. The van der Waals surface area contributed by atoms with Gasteiger partial charge in [-0.2, -0.15) is 0 Å². The van der Waals surface area contributed by atoms with Gasteiger partial charge in [-0.1, -0.05) is 61.7 Å². The summed E-state index contributed by atoms with van der Waals surface area (Å²) < 4.78 is 20.0. The number of alkyl halides is 1. The molecule has 1 aromatic rings. The summed E-state index contributed by atoms with van der Waals surface area (Å²) in [6.07, 6.45) is 7.04. The maximum Gasteiger partial charge on any atom is 0.106 e. The Balaban J connectivity index is 1.82. The minimum Gasteiger partial charge on any atom is -0.393 e. The number of aliphatic hydroxyl groups excluding tert-OH is 1. The highest BCUT2D eigenvalue weighted by atomic mass is 19.1. The molecule has 1 saturated carbocycles. The van der Waals surface area contributed by atoms with Crippen molar-refractivity contribution in [3.63, 3.8) is 0 Å². The number of rotatable bonds is 9. The smallest absolute Gasteiger partial charge is 0.106 e. The summed E-state index contributed by atoms with van der Waals surface area (Å²) in [6, 6.07) is 8.19. The highest BCUT2D eigenvalue weighted by molar-refractivity contribution is 5.21. The van der Waals surface area contributed by atoms with Crippen LogP contribution in [0.3, 0.4) is 0 Å². The van der Waals surface area contributed by atoms with Crippen molar-refractivity contribution in [2.75, 3.05) is 6.61 Å². The Morgan fingerprint density at radius 2 is 2.12 bits per heavy atom. The van der Waals surface area contributed by atoms with E-state index in [0.717, 1.165) is 12.0 Å². The van der Waals surface area contributed by atoms with Crippen LogP contribution >= 0.6 is 0 Å². The van der Waals surface area contributed by atoms with E-state index in [1.54, 1.807) is 0 Å². The summed E-state index contributed by atoms with van der Waals surface area (Å²) in [5.74, 6) is -0.240. The Labute approximate surface area is 145 Å². The van der Waals surface area contributed by atoms with Gasteiger partial charge in [-0.25, -0.2) is 4.39 Å². The first-order valence-electron chi connectivity index (χ1n) is 9.22. The average molecular weight is 334 g/mol. The van der Waals surface area contributed by atoms with E-state index >= 15 is 0 Å². The van der Waals surface area contributed by atoms with E-state index in [2.05, 4.69) is 38.1 Å². The molecule has 4 atom stereocenters. The summed E-state index contributed by atoms with van der Waals surface area (Å²) in [5, 5.41) is 10.2. The number of ether oxygens (including phenoxy) is 1. The summed E-state index contributed by atoms with van der Waals surface area (Å²) in [4.78, 5) is 0. The second-order valence-electron chi connectivity index (χ2n) is 7.00. The lowest BCUT2D eigenvalue weighted by Crippen LogP contribution is -2.25. The van der Waals surface area contributed by atoms with E-state index in [4.69, 9.17) is 4.74 Å². The molecular weight excluding hydrogens is 303 g/mol. The molecule has 0 amide bonds. The van der Waals surface area contributed by atoms with E-state index in [-0.39, 0.29) is 18.3 Å². The van der Waals surface area contributed by atoms with Crippen molar-refractivity contribution < 1.29 is 14.2 Å². The van der Waals surface area contributed by atoms with Crippen LogP contribution in [0.25, 0.3) is 0 Å². The minimum absolute atomic E-state index is 0.111. The summed E-state index contributed by atoms with van der Waals surface area (Å²) in [7, 11) is 0. The van der Waals surface area contributed by atoms with Gasteiger partial charge in [-0.05, 0) is 25.3 Å². The van der Waals surface area contributed by atoms with E-state index in [9.17, 15) is 9.50 Å². The minimum atomic E-state index is -0.927. The van der Waals surface area contributed by atoms with Crippen LogP contribution in [0.15, 0.2) is 36.4 Å². The Morgan fingerprint density at radius 3 is 2.88 bits per heavy atom. The normalized spacial score (nSPS) is 27.2. The van der Waals surface area contributed by atoms with Crippen molar-refractivity contribution in [1.29, 1.82) is 0 Å². The van der Waals surface area contributed by atoms with E-state index < -0.39 is 12.3 Å². The van der Waals surface area contributed by atoms with E-state index in [1.165, 1.54) is 18.4 Å². The first-order valence-corrected chi connectivity index (χ1v) is 9.22. The molecule has 0 heterocycles. The molecular formula is C21H31FO2. The molecule has 2 rings (SSSR count). The maximum absolute atomic E-state index is 14.2. The third kappa shape index (κ3) is 5.71. The largest absolute Gasteiger partial charge is 0.393 e. The molecule has 1 aliphatic rings. The van der Waals surface area contributed by atoms with Crippen LogP contribution in [0.2, 0.25) is 0 Å². The zero-order valence-corrected chi connectivity index (χ0v) is 15.0. The number of benzene rings is 1. The van der Waals surface area contributed by atoms with Crippen LogP contribution in [-0.4, -0.2) is 24.0 Å². The van der Waals surface area contributed by atoms with Gasteiger partial charge >= 0.3 is 0 Å².